The molecule has 3 nitrogen and oxygen atoms in total. The van der Waals surface area contributed by atoms with E-state index in [0.717, 1.165) is 18.8 Å². The minimum atomic E-state index is 0.264. The molecule has 1 aliphatic rings. The van der Waals surface area contributed by atoms with Crippen LogP contribution in [0.2, 0.25) is 0 Å². The summed E-state index contributed by atoms with van der Waals surface area (Å²) in [5, 5.41) is 0. The third kappa shape index (κ3) is 2.70. The highest BCUT2D eigenvalue weighted by Crippen LogP contribution is 2.44. The normalized spacial score (nSPS) is 31.2. The first-order valence-corrected chi connectivity index (χ1v) is 7.67. The highest BCUT2D eigenvalue weighted by molar-refractivity contribution is 5.34. The molecular formula is C17H29N2O+. The Kier molecular flexibility index (Phi) is 4.71. The third-order valence-electron chi connectivity index (χ3n) is 5.21. The lowest BCUT2D eigenvalue weighted by Gasteiger charge is -2.49. The zero-order valence-electron chi connectivity index (χ0n) is 13.4. The van der Waals surface area contributed by atoms with Crippen molar-refractivity contribution in [3.05, 3.63) is 29.8 Å². The summed E-state index contributed by atoms with van der Waals surface area (Å²) in [4.78, 5) is 2.48. The Hall–Kier alpha value is -1.06. The van der Waals surface area contributed by atoms with Gasteiger partial charge in [-0.2, -0.15) is 0 Å². The van der Waals surface area contributed by atoms with Gasteiger partial charge in [0, 0.05) is 24.4 Å². The van der Waals surface area contributed by atoms with Crippen LogP contribution in [0, 0.1) is 5.92 Å². The van der Waals surface area contributed by atoms with E-state index in [0.29, 0.717) is 12.0 Å². The highest BCUT2D eigenvalue weighted by atomic mass is 16.5. The molecule has 0 aliphatic carbocycles. The first-order valence-electron chi connectivity index (χ1n) is 7.67. The number of methoxy groups -OCH3 is 1. The largest absolute Gasteiger partial charge is 0.497 e. The molecule has 0 aromatic heterocycles. The monoisotopic (exact) mass is 277 g/mol. The van der Waals surface area contributed by atoms with Crippen LogP contribution < -0.4 is 10.5 Å². The molecule has 3 unspecified atom stereocenters. The summed E-state index contributed by atoms with van der Waals surface area (Å²) in [5.41, 5.74) is 5.84. The van der Waals surface area contributed by atoms with Gasteiger partial charge in [-0.25, -0.2) is 0 Å². The maximum absolute atomic E-state index is 5.29. The molecule has 20 heavy (non-hydrogen) atoms. The minimum absolute atomic E-state index is 0.264. The Balaban J connectivity index is 2.37. The Morgan fingerprint density at radius 2 is 1.95 bits per heavy atom. The number of benzene rings is 1. The predicted molar refractivity (Wildman–Crippen MR) is 82.9 cm³/mol. The van der Waals surface area contributed by atoms with Crippen molar-refractivity contribution in [3.63, 3.8) is 0 Å². The van der Waals surface area contributed by atoms with E-state index >= 15 is 0 Å². The second-order valence-electron chi connectivity index (χ2n) is 6.38. The summed E-state index contributed by atoms with van der Waals surface area (Å²) < 4.78 is 5.29. The van der Waals surface area contributed by atoms with E-state index in [1.54, 1.807) is 7.11 Å². The molecule has 3 heteroatoms. The summed E-state index contributed by atoms with van der Waals surface area (Å²) in [6.07, 6.45) is 2.38. The first-order chi connectivity index (χ1) is 9.53. The maximum atomic E-state index is 5.29. The predicted octanol–water partition coefficient (Wildman–Crippen LogP) is 1.93. The molecule has 0 radical (unpaired) electrons. The van der Waals surface area contributed by atoms with E-state index in [9.17, 15) is 0 Å². The van der Waals surface area contributed by atoms with Crippen molar-refractivity contribution in [1.82, 2.24) is 4.90 Å². The smallest absolute Gasteiger partial charge is 0.118 e. The van der Waals surface area contributed by atoms with Crippen LogP contribution in [0.3, 0.4) is 0 Å². The molecule has 1 aromatic rings. The van der Waals surface area contributed by atoms with E-state index in [-0.39, 0.29) is 5.41 Å². The zero-order valence-corrected chi connectivity index (χ0v) is 13.4. The number of likely N-dealkylation sites (tertiary alicyclic amines) is 1. The topological polar surface area (TPSA) is 40.1 Å². The van der Waals surface area contributed by atoms with Gasteiger partial charge in [-0.15, -0.1) is 0 Å². The Bertz CT molecular complexity index is 431. The van der Waals surface area contributed by atoms with Gasteiger partial charge in [0.2, 0.25) is 0 Å². The van der Waals surface area contributed by atoms with Crippen molar-refractivity contribution in [1.29, 1.82) is 0 Å². The summed E-state index contributed by atoms with van der Waals surface area (Å²) in [6, 6.07) is 9.32. The van der Waals surface area contributed by atoms with Gasteiger partial charge in [0.15, 0.2) is 0 Å². The van der Waals surface area contributed by atoms with Crippen LogP contribution in [-0.4, -0.2) is 38.2 Å². The van der Waals surface area contributed by atoms with Gasteiger partial charge in [-0.3, -0.25) is 0 Å². The average molecular weight is 277 g/mol. The fourth-order valence-electron chi connectivity index (χ4n) is 3.80. The molecule has 1 aromatic carbocycles. The fraction of sp³-hybridized carbons (Fsp3) is 0.647. The van der Waals surface area contributed by atoms with E-state index in [4.69, 9.17) is 4.74 Å². The quantitative estimate of drug-likeness (QED) is 0.913. The third-order valence-corrected chi connectivity index (χ3v) is 5.21. The van der Waals surface area contributed by atoms with Crippen LogP contribution in [-0.2, 0) is 5.41 Å². The minimum Gasteiger partial charge on any atom is -0.497 e. The Morgan fingerprint density at radius 3 is 2.50 bits per heavy atom. The molecule has 1 heterocycles. The van der Waals surface area contributed by atoms with Crippen LogP contribution in [0.5, 0.6) is 5.75 Å². The zero-order chi connectivity index (χ0) is 14.8. The Morgan fingerprint density at radius 1 is 1.30 bits per heavy atom. The number of nitrogens with zero attached hydrogens (tertiary/aromatic N) is 1. The molecule has 0 bridgehead atoms. The van der Waals surface area contributed by atoms with Gasteiger partial charge in [-0.05, 0) is 44.0 Å². The van der Waals surface area contributed by atoms with Gasteiger partial charge in [0.05, 0.1) is 13.7 Å². The molecule has 112 valence electrons. The van der Waals surface area contributed by atoms with Crippen LogP contribution in [0.4, 0.5) is 0 Å². The van der Waals surface area contributed by atoms with Crippen LogP contribution in [0.15, 0.2) is 24.3 Å². The molecule has 0 saturated carbocycles. The summed E-state index contributed by atoms with van der Waals surface area (Å²) in [6.45, 7) is 6.88. The van der Waals surface area contributed by atoms with E-state index in [1.807, 2.05) is 0 Å². The van der Waals surface area contributed by atoms with Gasteiger partial charge < -0.3 is 15.4 Å². The number of piperidine rings is 1. The van der Waals surface area contributed by atoms with Crippen molar-refractivity contribution >= 4 is 0 Å². The second-order valence-corrected chi connectivity index (χ2v) is 6.38. The number of rotatable bonds is 4. The lowest BCUT2D eigenvalue weighted by atomic mass is 9.63. The highest BCUT2D eigenvalue weighted by Gasteiger charge is 2.43. The molecular weight excluding hydrogens is 248 g/mol. The van der Waals surface area contributed by atoms with Crippen molar-refractivity contribution < 1.29 is 10.5 Å². The molecule has 3 atom stereocenters. The Labute approximate surface area is 123 Å². The van der Waals surface area contributed by atoms with Crippen molar-refractivity contribution in [3.8, 4) is 5.75 Å². The summed E-state index contributed by atoms with van der Waals surface area (Å²) in [5.74, 6) is 1.59. The SMILES string of the molecule is COc1ccc(C2(CC[NH3+])CC(C)N(C)CC2C)cc1. The van der Waals surface area contributed by atoms with E-state index in [2.05, 4.69) is 55.8 Å². The molecule has 3 N–H and O–H groups in total. The van der Waals surface area contributed by atoms with Gasteiger partial charge in [0.1, 0.15) is 5.75 Å². The standard InChI is InChI=1S/C17H28N2O/c1-13-12-19(3)14(2)11-17(13,9-10-18)15-5-7-16(20-4)8-6-15/h5-8,13-14H,9-12,18H2,1-4H3/p+1. The van der Waals surface area contributed by atoms with Gasteiger partial charge >= 0.3 is 0 Å². The molecule has 2 rings (SSSR count). The van der Waals surface area contributed by atoms with E-state index < -0.39 is 0 Å². The fourth-order valence-corrected chi connectivity index (χ4v) is 3.80. The van der Waals surface area contributed by atoms with Gasteiger partial charge in [0.25, 0.3) is 0 Å². The van der Waals surface area contributed by atoms with Crippen LogP contribution in [0.1, 0.15) is 32.3 Å². The van der Waals surface area contributed by atoms with Gasteiger partial charge in [-0.1, -0.05) is 19.1 Å². The average Bonchev–Trinajstić information content (AvgIpc) is 2.45. The molecule has 0 spiro atoms. The summed E-state index contributed by atoms with van der Waals surface area (Å²) >= 11 is 0. The lowest BCUT2D eigenvalue weighted by molar-refractivity contribution is -0.372. The number of hydrogen-bond acceptors (Lipinski definition) is 2. The molecule has 0 amide bonds. The van der Waals surface area contributed by atoms with Crippen molar-refractivity contribution in [2.24, 2.45) is 5.92 Å². The number of hydrogen-bond donors (Lipinski definition) is 1. The number of quaternary nitrogens is 1. The van der Waals surface area contributed by atoms with Crippen molar-refractivity contribution in [2.45, 2.75) is 38.1 Å². The first kappa shape index (κ1) is 15.3. The van der Waals surface area contributed by atoms with Crippen LogP contribution >= 0.6 is 0 Å². The second kappa shape index (κ2) is 6.15. The lowest BCUT2D eigenvalue weighted by Crippen LogP contribution is -2.57. The maximum Gasteiger partial charge on any atom is 0.118 e. The summed E-state index contributed by atoms with van der Waals surface area (Å²) in [7, 11) is 3.96. The van der Waals surface area contributed by atoms with Crippen LogP contribution in [0.25, 0.3) is 0 Å². The molecule has 1 saturated heterocycles. The van der Waals surface area contributed by atoms with Crippen molar-refractivity contribution in [2.75, 3.05) is 27.2 Å². The van der Waals surface area contributed by atoms with E-state index in [1.165, 1.54) is 18.4 Å². The molecule has 1 aliphatic heterocycles. The number of ether oxygens (including phenoxy) is 1. The molecule has 1 fully saturated rings.